The molecule has 176 valence electrons. The number of likely N-dealkylation sites (tertiary alicyclic amines) is 2. The highest BCUT2D eigenvalue weighted by atomic mass is 16.2. The van der Waals surface area contributed by atoms with E-state index in [0.717, 1.165) is 51.9 Å². The standard InChI is InChI=1S/C29H39N3O/c1-30-16-13-26(14-17-30)31(2)29(33)12-10-22-6-5-15-32(20-22)21-23-9-11-28-25(18-23)19-24-7-3-4-8-27(24)28/h3-4,7-9,11,18,22,26H,5-6,10,12-17,19-21H2,1-2H3/t22-/m0/s1. The molecule has 1 aliphatic carbocycles. The Hall–Kier alpha value is -2.17. The SMILES string of the molecule is CN1CCC(N(C)C(=O)CC[C@@H]2CCCN(Cc3ccc4c(c3)Cc3ccccc3-4)C2)CC1. The van der Waals surface area contributed by atoms with E-state index in [1.54, 1.807) is 0 Å². The van der Waals surface area contributed by atoms with Gasteiger partial charge in [-0.15, -0.1) is 0 Å². The molecule has 0 N–H and O–H groups in total. The van der Waals surface area contributed by atoms with E-state index in [9.17, 15) is 4.79 Å². The first kappa shape index (κ1) is 22.6. The van der Waals surface area contributed by atoms with Crippen molar-refractivity contribution >= 4 is 5.91 Å². The van der Waals surface area contributed by atoms with Crippen molar-refractivity contribution in [2.24, 2.45) is 5.92 Å². The van der Waals surface area contributed by atoms with E-state index in [0.29, 0.717) is 24.3 Å². The molecule has 33 heavy (non-hydrogen) atoms. The first-order valence-electron chi connectivity index (χ1n) is 12.9. The summed E-state index contributed by atoms with van der Waals surface area (Å²) in [6, 6.07) is 16.3. The van der Waals surface area contributed by atoms with Gasteiger partial charge in [0.05, 0.1) is 0 Å². The van der Waals surface area contributed by atoms with Crippen LogP contribution in [0.2, 0.25) is 0 Å². The summed E-state index contributed by atoms with van der Waals surface area (Å²) in [5.74, 6) is 0.993. The summed E-state index contributed by atoms with van der Waals surface area (Å²) in [5, 5.41) is 0. The molecule has 4 heteroatoms. The second kappa shape index (κ2) is 9.99. The van der Waals surface area contributed by atoms with Crippen molar-refractivity contribution in [1.82, 2.24) is 14.7 Å². The molecule has 3 aliphatic rings. The third kappa shape index (κ3) is 5.17. The van der Waals surface area contributed by atoms with E-state index in [4.69, 9.17) is 0 Å². The Morgan fingerprint density at radius 3 is 2.64 bits per heavy atom. The third-order valence-electron chi connectivity index (χ3n) is 8.26. The monoisotopic (exact) mass is 445 g/mol. The van der Waals surface area contributed by atoms with Gasteiger partial charge in [0.25, 0.3) is 0 Å². The van der Waals surface area contributed by atoms with Gasteiger partial charge in [0, 0.05) is 32.6 Å². The number of fused-ring (bicyclic) bond motifs is 3. The minimum atomic E-state index is 0.347. The fraction of sp³-hybridized carbons (Fsp3) is 0.552. The molecule has 0 aromatic heterocycles. The quantitative estimate of drug-likeness (QED) is 0.545. The lowest BCUT2D eigenvalue weighted by atomic mass is 9.92. The lowest BCUT2D eigenvalue weighted by Gasteiger charge is -2.36. The van der Waals surface area contributed by atoms with Crippen molar-refractivity contribution < 1.29 is 4.79 Å². The van der Waals surface area contributed by atoms with Gasteiger partial charge in [-0.3, -0.25) is 9.69 Å². The van der Waals surface area contributed by atoms with Crippen molar-refractivity contribution in [3.63, 3.8) is 0 Å². The molecule has 2 fully saturated rings. The summed E-state index contributed by atoms with van der Waals surface area (Å²) in [5.41, 5.74) is 7.19. The lowest BCUT2D eigenvalue weighted by molar-refractivity contribution is -0.133. The Morgan fingerprint density at radius 1 is 1.00 bits per heavy atom. The predicted octanol–water partition coefficient (Wildman–Crippen LogP) is 4.80. The van der Waals surface area contributed by atoms with Crippen LogP contribution in [-0.2, 0) is 17.8 Å². The van der Waals surface area contributed by atoms with Crippen LogP contribution in [0.4, 0.5) is 0 Å². The van der Waals surface area contributed by atoms with Gasteiger partial charge in [0.15, 0.2) is 0 Å². The molecule has 2 aromatic rings. The number of hydrogen-bond acceptors (Lipinski definition) is 3. The summed E-state index contributed by atoms with van der Waals surface area (Å²) in [4.78, 5) is 19.9. The van der Waals surface area contributed by atoms with E-state index in [1.165, 1.54) is 47.2 Å². The fourth-order valence-electron chi connectivity index (χ4n) is 6.18. The van der Waals surface area contributed by atoms with E-state index >= 15 is 0 Å². The molecule has 2 saturated heterocycles. The number of piperidine rings is 2. The van der Waals surface area contributed by atoms with E-state index in [1.807, 2.05) is 7.05 Å². The van der Waals surface area contributed by atoms with Crippen LogP contribution in [0, 0.1) is 5.92 Å². The second-order valence-corrected chi connectivity index (χ2v) is 10.6. The first-order chi connectivity index (χ1) is 16.1. The van der Waals surface area contributed by atoms with Gasteiger partial charge >= 0.3 is 0 Å². The molecule has 0 saturated carbocycles. The molecule has 4 nitrogen and oxygen atoms in total. The maximum Gasteiger partial charge on any atom is 0.222 e. The molecule has 0 spiro atoms. The predicted molar refractivity (Wildman–Crippen MR) is 135 cm³/mol. The number of hydrogen-bond donors (Lipinski definition) is 0. The summed E-state index contributed by atoms with van der Waals surface area (Å²) in [7, 11) is 4.20. The Morgan fingerprint density at radius 2 is 1.79 bits per heavy atom. The second-order valence-electron chi connectivity index (χ2n) is 10.6. The zero-order valence-electron chi connectivity index (χ0n) is 20.4. The van der Waals surface area contributed by atoms with Gasteiger partial charge in [-0.25, -0.2) is 0 Å². The van der Waals surface area contributed by atoms with E-state index in [2.05, 4.69) is 64.2 Å². The highest BCUT2D eigenvalue weighted by Crippen LogP contribution is 2.37. The Balaban J connectivity index is 1.12. The van der Waals surface area contributed by atoms with Crippen LogP contribution < -0.4 is 0 Å². The largest absolute Gasteiger partial charge is 0.343 e. The van der Waals surface area contributed by atoms with Gasteiger partial charge < -0.3 is 9.80 Å². The third-order valence-corrected chi connectivity index (χ3v) is 8.26. The molecule has 2 heterocycles. The van der Waals surface area contributed by atoms with E-state index < -0.39 is 0 Å². The number of carbonyl (C=O) groups is 1. The van der Waals surface area contributed by atoms with Gasteiger partial charge in [-0.2, -0.15) is 0 Å². The van der Waals surface area contributed by atoms with Crippen LogP contribution in [0.15, 0.2) is 42.5 Å². The molecule has 5 rings (SSSR count). The molecule has 2 aliphatic heterocycles. The molecule has 0 bridgehead atoms. The summed E-state index contributed by atoms with van der Waals surface area (Å²) in [6.45, 7) is 5.55. The average molecular weight is 446 g/mol. The van der Waals surface area contributed by atoms with Crippen molar-refractivity contribution in [2.45, 2.75) is 57.5 Å². The molecule has 1 amide bonds. The summed E-state index contributed by atoms with van der Waals surface area (Å²) < 4.78 is 0. The number of amides is 1. The topological polar surface area (TPSA) is 26.8 Å². The smallest absolute Gasteiger partial charge is 0.222 e. The van der Waals surface area contributed by atoms with Crippen molar-refractivity contribution in [2.75, 3.05) is 40.3 Å². The summed E-state index contributed by atoms with van der Waals surface area (Å²) in [6.07, 6.45) is 7.55. The Labute approximate surface area is 199 Å². The van der Waals surface area contributed by atoms with Gasteiger partial charge in [-0.05, 0) is 98.9 Å². The Kier molecular flexibility index (Phi) is 6.84. The first-order valence-corrected chi connectivity index (χ1v) is 12.9. The number of nitrogens with zero attached hydrogens (tertiary/aromatic N) is 3. The normalized spacial score (nSPS) is 21.6. The van der Waals surface area contributed by atoms with Crippen LogP contribution in [0.5, 0.6) is 0 Å². The minimum absolute atomic E-state index is 0.347. The zero-order chi connectivity index (χ0) is 22.8. The zero-order valence-corrected chi connectivity index (χ0v) is 20.4. The fourth-order valence-corrected chi connectivity index (χ4v) is 6.18. The molecule has 2 aromatic carbocycles. The van der Waals surface area contributed by atoms with Crippen LogP contribution >= 0.6 is 0 Å². The number of rotatable bonds is 6. The lowest BCUT2D eigenvalue weighted by Crippen LogP contribution is -2.44. The number of carbonyl (C=O) groups excluding carboxylic acids is 1. The maximum atomic E-state index is 12.8. The van der Waals surface area contributed by atoms with Crippen LogP contribution in [-0.4, -0.2) is 66.9 Å². The van der Waals surface area contributed by atoms with Crippen LogP contribution in [0.1, 0.15) is 55.2 Å². The van der Waals surface area contributed by atoms with Crippen molar-refractivity contribution in [3.05, 3.63) is 59.2 Å². The molecule has 0 radical (unpaired) electrons. The van der Waals surface area contributed by atoms with Gasteiger partial charge in [0.1, 0.15) is 0 Å². The molecular formula is C29H39N3O. The minimum Gasteiger partial charge on any atom is -0.343 e. The van der Waals surface area contributed by atoms with Gasteiger partial charge in [-0.1, -0.05) is 42.5 Å². The van der Waals surface area contributed by atoms with Crippen molar-refractivity contribution in [3.8, 4) is 11.1 Å². The molecule has 0 unspecified atom stereocenters. The highest BCUT2D eigenvalue weighted by Gasteiger charge is 2.26. The van der Waals surface area contributed by atoms with Crippen LogP contribution in [0.3, 0.4) is 0 Å². The van der Waals surface area contributed by atoms with Crippen molar-refractivity contribution in [1.29, 1.82) is 0 Å². The molecular weight excluding hydrogens is 406 g/mol. The summed E-state index contributed by atoms with van der Waals surface area (Å²) >= 11 is 0. The van der Waals surface area contributed by atoms with Crippen LogP contribution in [0.25, 0.3) is 11.1 Å². The Bertz CT molecular complexity index is 979. The maximum absolute atomic E-state index is 12.8. The number of benzene rings is 2. The molecule has 1 atom stereocenters. The highest BCUT2D eigenvalue weighted by molar-refractivity contribution is 5.77. The van der Waals surface area contributed by atoms with Gasteiger partial charge in [0.2, 0.25) is 5.91 Å². The average Bonchev–Trinajstić information content (AvgIpc) is 3.20. The van der Waals surface area contributed by atoms with E-state index in [-0.39, 0.29) is 0 Å².